The summed E-state index contributed by atoms with van der Waals surface area (Å²) < 4.78 is 0. The summed E-state index contributed by atoms with van der Waals surface area (Å²) in [5.41, 5.74) is 5.23. The van der Waals surface area contributed by atoms with Crippen molar-refractivity contribution in [2.24, 2.45) is 17.6 Å². The van der Waals surface area contributed by atoms with E-state index >= 15 is 0 Å². The van der Waals surface area contributed by atoms with Crippen LogP contribution in [0.25, 0.3) is 0 Å². The molecular weight excluding hydrogens is 250 g/mol. The van der Waals surface area contributed by atoms with Crippen molar-refractivity contribution in [3.63, 3.8) is 0 Å². The number of hydrogen-bond acceptors (Lipinski definition) is 3. The minimum Gasteiger partial charge on any atom is -0.392 e. The molecule has 2 unspecified atom stereocenters. The summed E-state index contributed by atoms with van der Waals surface area (Å²) in [4.78, 5) is 23.0. The molecule has 0 aromatic heterocycles. The minimum absolute atomic E-state index is 0.0570. The SMILES string of the molecule is CC1CCCCC1CNC(=O)C(=O)NCC(N)=S. The Bertz CT molecular complexity index is 333. The average Bonchev–Trinajstić information content (AvgIpc) is 2.34. The van der Waals surface area contributed by atoms with E-state index in [-0.39, 0.29) is 11.5 Å². The monoisotopic (exact) mass is 271 g/mol. The predicted molar refractivity (Wildman–Crippen MR) is 73.9 cm³/mol. The normalized spacial score (nSPS) is 23.2. The van der Waals surface area contributed by atoms with Gasteiger partial charge in [0.1, 0.15) is 0 Å². The topological polar surface area (TPSA) is 84.2 Å². The van der Waals surface area contributed by atoms with Gasteiger partial charge in [-0.15, -0.1) is 0 Å². The first-order chi connectivity index (χ1) is 8.50. The van der Waals surface area contributed by atoms with Crippen molar-refractivity contribution in [2.75, 3.05) is 13.1 Å². The van der Waals surface area contributed by atoms with Gasteiger partial charge in [-0.05, 0) is 18.3 Å². The van der Waals surface area contributed by atoms with Crippen molar-refractivity contribution in [1.82, 2.24) is 10.6 Å². The molecule has 1 saturated carbocycles. The number of nitrogens with one attached hydrogen (secondary N) is 2. The van der Waals surface area contributed by atoms with E-state index < -0.39 is 11.8 Å². The fraction of sp³-hybridized carbons (Fsp3) is 0.750. The van der Waals surface area contributed by atoms with Gasteiger partial charge in [0.15, 0.2) is 0 Å². The molecule has 0 saturated heterocycles. The minimum atomic E-state index is -0.675. The van der Waals surface area contributed by atoms with E-state index in [9.17, 15) is 9.59 Å². The van der Waals surface area contributed by atoms with Crippen LogP contribution in [0.3, 0.4) is 0 Å². The van der Waals surface area contributed by atoms with E-state index in [1.807, 2.05) is 0 Å². The Hall–Kier alpha value is -1.17. The average molecular weight is 271 g/mol. The molecular formula is C12H21N3O2S. The van der Waals surface area contributed by atoms with Crippen LogP contribution in [0.2, 0.25) is 0 Å². The first-order valence-corrected chi connectivity index (χ1v) is 6.76. The molecule has 1 rings (SSSR count). The fourth-order valence-electron chi connectivity index (χ4n) is 2.25. The highest BCUT2D eigenvalue weighted by atomic mass is 32.1. The van der Waals surface area contributed by atoms with Crippen LogP contribution in [-0.4, -0.2) is 29.9 Å². The summed E-state index contributed by atoms with van der Waals surface area (Å²) in [6.45, 7) is 2.82. The van der Waals surface area contributed by atoms with Crippen LogP contribution in [0.1, 0.15) is 32.6 Å². The number of carbonyl (C=O) groups excluding carboxylic acids is 2. The molecule has 0 bridgehead atoms. The Morgan fingerprint density at radius 1 is 1.22 bits per heavy atom. The number of hydrogen-bond donors (Lipinski definition) is 3. The lowest BCUT2D eigenvalue weighted by molar-refractivity contribution is -0.139. The number of nitrogens with two attached hydrogens (primary N) is 1. The molecule has 18 heavy (non-hydrogen) atoms. The van der Waals surface area contributed by atoms with Crippen molar-refractivity contribution in [3.05, 3.63) is 0 Å². The molecule has 5 nitrogen and oxygen atoms in total. The van der Waals surface area contributed by atoms with E-state index in [0.717, 1.165) is 6.42 Å². The molecule has 0 aliphatic heterocycles. The van der Waals surface area contributed by atoms with E-state index in [1.54, 1.807) is 0 Å². The number of amides is 2. The molecule has 102 valence electrons. The third kappa shape index (κ3) is 5.00. The van der Waals surface area contributed by atoms with Gasteiger partial charge in [0, 0.05) is 6.54 Å². The summed E-state index contributed by atoms with van der Waals surface area (Å²) in [6.07, 6.45) is 4.79. The summed E-state index contributed by atoms with van der Waals surface area (Å²) in [7, 11) is 0. The van der Waals surface area contributed by atoms with Crippen LogP contribution in [0.4, 0.5) is 0 Å². The lowest BCUT2D eigenvalue weighted by atomic mass is 9.80. The van der Waals surface area contributed by atoms with Crippen molar-refractivity contribution in [3.8, 4) is 0 Å². The molecule has 0 radical (unpaired) electrons. The molecule has 0 aromatic carbocycles. The summed E-state index contributed by atoms with van der Waals surface area (Å²) >= 11 is 4.61. The van der Waals surface area contributed by atoms with E-state index in [4.69, 9.17) is 5.73 Å². The van der Waals surface area contributed by atoms with Gasteiger partial charge in [-0.2, -0.15) is 0 Å². The Labute approximate surface area is 113 Å². The Morgan fingerprint density at radius 3 is 2.44 bits per heavy atom. The van der Waals surface area contributed by atoms with Crippen molar-refractivity contribution in [2.45, 2.75) is 32.6 Å². The summed E-state index contributed by atoms with van der Waals surface area (Å²) in [6, 6.07) is 0. The zero-order chi connectivity index (χ0) is 13.5. The zero-order valence-electron chi connectivity index (χ0n) is 10.7. The van der Waals surface area contributed by atoms with Crippen LogP contribution in [0, 0.1) is 11.8 Å². The van der Waals surface area contributed by atoms with Crippen molar-refractivity contribution >= 4 is 29.0 Å². The fourth-order valence-corrected chi connectivity index (χ4v) is 2.32. The maximum Gasteiger partial charge on any atom is 0.309 e. The van der Waals surface area contributed by atoms with Gasteiger partial charge in [0.25, 0.3) is 0 Å². The van der Waals surface area contributed by atoms with Gasteiger partial charge in [0.05, 0.1) is 11.5 Å². The molecule has 6 heteroatoms. The number of rotatable bonds is 4. The van der Waals surface area contributed by atoms with E-state index in [0.29, 0.717) is 18.4 Å². The smallest absolute Gasteiger partial charge is 0.309 e. The third-order valence-corrected chi connectivity index (χ3v) is 3.59. The molecule has 4 N–H and O–H groups in total. The number of thiocarbonyl (C=S) groups is 1. The van der Waals surface area contributed by atoms with Gasteiger partial charge in [0.2, 0.25) is 0 Å². The second-order valence-corrected chi connectivity index (χ2v) is 5.41. The molecule has 2 atom stereocenters. The molecule has 1 fully saturated rings. The van der Waals surface area contributed by atoms with Gasteiger partial charge in [-0.3, -0.25) is 9.59 Å². The van der Waals surface area contributed by atoms with Crippen molar-refractivity contribution in [1.29, 1.82) is 0 Å². The quantitative estimate of drug-likeness (QED) is 0.508. The third-order valence-electron chi connectivity index (χ3n) is 3.44. The van der Waals surface area contributed by atoms with Crippen LogP contribution in [0.5, 0.6) is 0 Å². The van der Waals surface area contributed by atoms with Crippen LogP contribution < -0.4 is 16.4 Å². The Balaban J connectivity index is 2.27. The lowest BCUT2D eigenvalue weighted by Gasteiger charge is -2.28. The van der Waals surface area contributed by atoms with Gasteiger partial charge in [-0.25, -0.2) is 0 Å². The van der Waals surface area contributed by atoms with Crippen LogP contribution in [-0.2, 0) is 9.59 Å². The zero-order valence-corrected chi connectivity index (χ0v) is 11.5. The molecule has 0 spiro atoms. The predicted octanol–water partition coefficient (Wildman–Crippen LogP) is 0.331. The maximum absolute atomic E-state index is 11.5. The van der Waals surface area contributed by atoms with Crippen LogP contribution >= 0.6 is 12.2 Å². The standard InChI is InChI=1S/C12H21N3O2S/c1-8-4-2-3-5-9(8)6-14-11(16)12(17)15-7-10(13)18/h8-9H,2-7H2,1H3,(H2,13,18)(H,14,16)(H,15,17). The highest BCUT2D eigenvalue weighted by molar-refractivity contribution is 7.80. The Kier molecular flexibility index (Phi) is 6.04. The lowest BCUT2D eigenvalue weighted by Crippen LogP contribution is -2.44. The van der Waals surface area contributed by atoms with Gasteiger partial charge < -0.3 is 16.4 Å². The molecule has 0 aromatic rings. The van der Waals surface area contributed by atoms with Crippen molar-refractivity contribution < 1.29 is 9.59 Å². The first kappa shape index (κ1) is 14.9. The summed E-state index contributed by atoms with van der Waals surface area (Å²) in [5, 5.41) is 5.03. The number of carbonyl (C=O) groups is 2. The second-order valence-electron chi connectivity index (χ2n) is 4.88. The highest BCUT2D eigenvalue weighted by Crippen LogP contribution is 2.28. The summed E-state index contributed by atoms with van der Waals surface area (Å²) in [5.74, 6) is -0.194. The Morgan fingerprint density at radius 2 is 1.83 bits per heavy atom. The van der Waals surface area contributed by atoms with E-state index in [2.05, 4.69) is 29.8 Å². The highest BCUT2D eigenvalue weighted by Gasteiger charge is 2.22. The van der Waals surface area contributed by atoms with Crippen LogP contribution in [0.15, 0.2) is 0 Å². The first-order valence-electron chi connectivity index (χ1n) is 6.35. The molecule has 0 heterocycles. The maximum atomic E-state index is 11.5. The van der Waals surface area contributed by atoms with E-state index in [1.165, 1.54) is 19.3 Å². The molecule has 1 aliphatic rings. The second kappa shape index (κ2) is 7.31. The molecule has 1 aliphatic carbocycles. The van der Waals surface area contributed by atoms with Gasteiger partial charge >= 0.3 is 11.8 Å². The largest absolute Gasteiger partial charge is 0.392 e. The van der Waals surface area contributed by atoms with Gasteiger partial charge in [-0.1, -0.05) is 38.4 Å². The molecule has 2 amide bonds.